The van der Waals surface area contributed by atoms with Crippen molar-refractivity contribution in [3.63, 3.8) is 0 Å². The van der Waals surface area contributed by atoms with Gasteiger partial charge in [-0.15, -0.1) is 0 Å². The van der Waals surface area contributed by atoms with Crippen LogP contribution in [0.15, 0.2) is 24.3 Å². The predicted molar refractivity (Wildman–Crippen MR) is 66.6 cm³/mol. The first-order valence-electron chi connectivity index (χ1n) is 5.42. The van der Waals surface area contributed by atoms with Gasteiger partial charge in [0.1, 0.15) is 11.5 Å². The maximum Gasteiger partial charge on any atom is 0.353 e. The molecule has 10 heteroatoms. The number of nitro groups is 1. The Labute approximate surface area is 115 Å². The number of benzene rings is 1. The monoisotopic (exact) mass is 294 g/mol. The number of aromatic amines is 1. The molecule has 9 nitrogen and oxygen atoms in total. The minimum atomic E-state index is -1.29. The average Bonchev–Trinajstić information content (AvgIpc) is 2.87. The van der Waals surface area contributed by atoms with Gasteiger partial charge >= 0.3 is 5.97 Å². The Morgan fingerprint density at radius 2 is 2.10 bits per heavy atom. The van der Waals surface area contributed by atoms with E-state index in [0.29, 0.717) is 0 Å². The van der Waals surface area contributed by atoms with Crippen molar-refractivity contribution in [2.24, 2.45) is 0 Å². The summed E-state index contributed by atoms with van der Waals surface area (Å²) in [5.74, 6) is -3.38. The molecule has 0 radical (unpaired) electrons. The standard InChI is InChI=1S/C11H7FN4O5/c12-7-2-1-5(16(20)21)3-6(7)10(17)13-9-4-8(11(18)19)14-15-9/h1-4H,(H,18,19)(H2,13,14,15,17). The van der Waals surface area contributed by atoms with Crippen molar-refractivity contribution < 1.29 is 24.0 Å². The molecule has 0 aliphatic rings. The summed E-state index contributed by atoms with van der Waals surface area (Å²) < 4.78 is 13.5. The van der Waals surface area contributed by atoms with E-state index in [9.17, 15) is 24.1 Å². The molecule has 1 amide bonds. The van der Waals surface area contributed by atoms with Gasteiger partial charge in [-0.05, 0) is 6.07 Å². The highest BCUT2D eigenvalue weighted by atomic mass is 19.1. The van der Waals surface area contributed by atoms with Crippen LogP contribution in [0.1, 0.15) is 20.8 Å². The van der Waals surface area contributed by atoms with Crippen LogP contribution >= 0.6 is 0 Å². The number of nitrogens with zero attached hydrogens (tertiary/aromatic N) is 2. The highest BCUT2D eigenvalue weighted by Crippen LogP contribution is 2.18. The average molecular weight is 294 g/mol. The number of hydrogen-bond acceptors (Lipinski definition) is 5. The third-order valence-electron chi connectivity index (χ3n) is 2.46. The van der Waals surface area contributed by atoms with Gasteiger partial charge in [-0.2, -0.15) is 5.10 Å². The third-order valence-corrected chi connectivity index (χ3v) is 2.46. The van der Waals surface area contributed by atoms with Gasteiger partial charge < -0.3 is 10.4 Å². The van der Waals surface area contributed by atoms with Crippen LogP contribution in [-0.2, 0) is 0 Å². The number of hydrogen-bond donors (Lipinski definition) is 3. The highest BCUT2D eigenvalue weighted by molar-refractivity contribution is 6.04. The molecule has 0 aliphatic heterocycles. The van der Waals surface area contributed by atoms with Gasteiger partial charge in [0.15, 0.2) is 5.82 Å². The van der Waals surface area contributed by atoms with Crippen molar-refractivity contribution in [1.29, 1.82) is 0 Å². The first kappa shape index (κ1) is 14.1. The van der Waals surface area contributed by atoms with Gasteiger partial charge in [0, 0.05) is 18.2 Å². The van der Waals surface area contributed by atoms with E-state index in [1.807, 2.05) is 0 Å². The fourth-order valence-corrected chi connectivity index (χ4v) is 1.48. The molecule has 0 bridgehead atoms. The van der Waals surface area contributed by atoms with Crippen LogP contribution < -0.4 is 5.32 Å². The first-order valence-corrected chi connectivity index (χ1v) is 5.42. The molecule has 0 saturated heterocycles. The number of halogens is 1. The summed E-state index contributed by atoms with van der Waals surface area (Å²) in [4.78, 5) is 32.3. The van der Waals surface area contributed by atoms with E-state index in [1.165, 1.54) is 0 Å². The number of aromatic carboxylic acids is 1. The fraction of sp³-hybridized carbons (Fsp3) is 0. The lowest BCUT2D eigenvalue weighted by Crippen LogP contribution is -2.14. The minimum Gasteiger partial charge on any atom is -0.477 e. The molecule has 1 heterocycles. The van der Waals surface area contributed by atoms with Gasteiger partial charge in [0.25, 0.3) is 11.6 Å². The number of carboxylic acid groups (broad SMARTS) is 1. The van der Waals surface area contributed by atoms with Crippen LogP contribution in [0.25, 0.3) is 0 Å². The molecule has 2 aromatic rings. The molecule has 21 heavy (non-hydrogen) atoms. The van der Waals surface area contributed by atoms with E-state index in [1.54, 1.807) is 0 Å². The van der Waals surface area contributed by atoms with Crippen molar-refractivity contribution in [1.82, 2.24) is 10.2 Å². The summed E-state index contributed by atoms with van der Waals surface area (Å²) in [6.45, 7) is 0. The zero-order valence-corrected chi connectivity index (χ0v) is 10.2. The molecule has 0 unspecified atom stereocenters. The number of amides is 1. The fourth-order valence-electron chi connectivity index (χ4n) is 1.48. The van der Waals surface area contributed by atoms with E-state index in [-0.39, 0.29) is 11.5 Å². The van der Waals surface area contributed by atoms with Crippen molar-refractivity contribution in [2.45, 2.75) is 0 Å². The lowest BCUT2D eigenvalue weighted by molar-refractivity contribution is -0.384. The number of carbonyl (C=O) groups is 2. The number of anilines is 1. The van der Waals surface area contributed by atoms with Crippen LogP contribution in [0.2, 0.25) is 0 Å². The summed E-state index contributed by atoms with van der Waals surface area (Å²) in [5.41, 5.74) is -1.27. The molecule has 1 aromatic carbocycles. The summed E-state index contributed by atoms with van der Waals surface area (Å²) in [6, 6.07) is 3.51. The van der Waals surface area contributed by atoms with Gasteiger partial charge in [0.2, 0.25) is 0 Å². The molecule has 108 valence electrons. The van der Waals surface area contributed by atoms with Crippen LogP contribution in [-0.4, -0.2) is 32.1 Å². The lowest BCUT2D eigenvalue weighted by atomic mass is 10.1. The molecule has 0 atom stereocenters. The lowest BCUT2D eigenvalue weighted by Gasteiger charge is -2.03. The molecule has 0 fully saturated rings. The van der Waals surface area contributed by atoms with Crippen molar-refractivity contribution in [3.8, 4) is 0 Å². The highest BCUT2D eigenvalue weighted by Gasteiger charge is 2.18. The third kappa shape index (κ3) is 3.00. The zero-order chi connectivity index (χ0) is 15.6. The SMILES string of the molecule is O=C(O)c1cc(NC(=O)c2cc([N+](=O)[O-])ccc2F)n[nH]1. The largest absolute Gasteiger partial charge is 0.477 e. The van der Waals surface area contributed by atoms with Gasteiger partial charge in [0.05, 0.1) is 10.5 Å². The number of H-pyrrole nitrogens is 1. The van der Waals surface area contributed by atoms with E-state index >= 15 is 0 Å². The quantitative estimate of drug-likeness (QED) is 0.575. The first-order chi connectivity index (χ1) is 9.88. The number of nitrogens with one attached hydrogen (secondary N) is 2. The molecule has 1 aromatic heterocycles. The topological polar surface area (TPSA) is 138 Å². The normalized spacial score (nSPS) is 10.1. The van der Waals surface area contributed by atoms with Crippen molar-refractivity contribution >= 4 is 23.4 Å². The molecule has 2 rings (SSSR count). The van der Waals surface area contributed by atoms with Crippen molar-refractivity contribution in [3.05, 3.63) is 51.5 Å². The second kappa shape index (κ2) is 5.36. The Bertz CT molecular complexity index is 742. The number of rotatable bonds is 4. The Morgan fingerprint density at radius 1 is 1.38 bits per heavy atom. The second-order valence-electron chi connectivity index (χ2n) is 3.85. The second-order valence-corrected chi connectivity index (χ2v) is 3.85. The molecular formula is C11H7FN4O5. The zero-order valence-electron chi connectivity index (χ0n) is 10.2. The Balaban J connectivity index is 2.25. The van der Waals surface area contributed by atoms with Gasteiger partial charge in [-0.3, -0.25) is 20.0 Å². The number of nitro benzene ring substituents is 1. The number of non-ortho nitro benzene ring substituents is 1. The maximum absolute atomic E-state index is 13.5. The smallest absolute Gasteiger partial charge is 0.353 e. The molecule has 0 aliphatic carbocycles. The molecular weight excluding hydrogens is 287 g/mol. The number of aromatic nitrogens is 2. The van der Waals surface area contributed by atoms with Crippen LogP contribution in [0.3, 0.4) is 0 Å². The Hall–Kier alpha value is -3.30. The van der Waals surface area contributed by atoms with Crippen LogP contribution in [0.5, 0.6) is 0 Å². The summed E-state index contributed by atoms with van der Waals surface area (Å²) >= 11 is 0. The predicted octanol–water partition coefficient (Wildman–Crippen LogP) is 1.41. The molecule has 0 spiro atoms. The summed E-state index contributed by atoms with van der Waals surface area (Å²) in [5, 5.41) is 27.0. The Morgan fingerprint density at radius 3 is 2.67 bits per heavy atom. The Kier molecular flexibility index (Phi) is 3.61. The van der Waals surface area contributed by atoms with E-state index in [2.05, 4.69) is 15.5 Å². The van der Waals surface area contributed by atoms with Crippen LogP contribution in [0, 0.1) is 15.9 Å². The van der Waals surface area contributed by atoms with E-state index in [4.69, 9.17) is 5.11 Å². The van der Waals surface area contributed by atoms with E-state index < -0.39 is 33.9 Å². The number of carbonyl (C=O) groups excluding carboxylic acids is 1. The molecule has 3 N–H and O–H groups in total. The van der Waals surface area contributed by atoms with E-state index in [0.717, 1.165) is 24.3 Å². The van der Waals surface area contributed by atoms with Gasteiger partial charge in [-0.1, -0.05) is 0 Å². The maximum atomic E-state index is 13.5. The van der Waals surface area contributed by atoms with Gasteiger partial charge in [-0.25, -0.2) is 9.18 Å². The summed E-state index contributed by atoms with van der Waals surface area (Å²) in [7, 11) is 0. The minimum absolute atomic E-state index is 0.150. The van der Waals surface area contributed by atoms with Crippen molar-refractivity contribution in [2.75, 3.05) is 5.32 Å². The van der Waals surface area contributed by atoms with Crippen LogP contribution in [0.4, 0.5) is 15.9 Å². The summed E-state index contributed by atoms with van der Waals surface area (Å²) in [6.07, 6.45) is 0. The molecule has 0 saturated carbocycles. The number of carboxylic acids is 1.